The largest absolute Gasteiger partial charge is 0.463 e. The highest BCUT2D eigenvalue weighted by molar-refractivity contribution is 7.13. The Hall–Kier alpha value is -7.82. The first-order valence-corrected chi connectivity index (χ1v) is 28.4. The molecule has 4 aliphatic rings. The number of anilines is 2. The number of amides is 6. The fraction of sp³-hybridized carbons (Fsp3) is 0.441. The first-order valence-electron chi connectivity index (χ1n) is 27.6. The number of halogens is 1. The zero-order chi connectivity index (χ0) is 57.0. The minimum atomic E-state index is -2.01. The number of aromatic nitrogens is 5. The van der Waals surface area contributed by atoms with E-state index in [9.17, 15) is 33.5 Å². The van der Waals surface area contributed by atoms with Crippen LogP contribution in [-0.2, 0) is 30.3 Å². The standard InChI is InChI=1S/C59H69FN12O8S/c1-36-7-6-8-41(29-36)46-19-23-72(68-46)49-31-48(69-24-27-79-28-25-69)65-57(66-49)80-26-20-38-9-15-42(16-10-38)62-56(78)63-43-32-70(33-43)50(74)18-17-45(39-11-13-40(14-12-39)51-37(2)61-35-81-51)64-53(75)47-30-44(73)34-71(47)54(76)52(58(3,4)5)67-55(77)59(60)21-22-59/h6-16,19,23,29,31,35,43-45,47,52,73H,17-18,20-22,24-28,30,32-34H2,1-5H3,(H,64,75)(H,67,77)(H2,62,63,78)/t44-,45+,47+,52-/m1/s1. The number of nitrogens with zero attached hydrogens (tertiary/aromatic N) is 8. The molecule has 5 N–H and O–H groups in total. The average molecular weight is 1130 g/mol. The van der Waals surface area contributed by atoms with Crippen LogP contribution in [0.3, 0.4) is 0 Å². The van der Waals surface area contributed by atoms with Crippen molar-refractivity contribution in [3.8, 4) is 33.5 Å². The maximum atomic E-state index is 14.8. The third kappa shape index (κ3) is 13.7. The summed E-state index contributed by atoms with van der Waals surface area (Å²) in [7, 11) is 0. The zero-order valence-electron chi connectivity index (χ0n) is 46.2. The highest BCUT2D eigenvalue weighted by Gasteiger charge is 2.53. The molecular weight excluding hydrogens is 1060 g/mol. The number of hydrogen-bond acceptors (Lipinski definition) is 14. The van der Waals surface area contributed by atoms with Gasteiger partial charge in [0, 0.05) is 75.5 Å². The SMILES string of the molecule is Cc1cccc(-c2ccn(-c3cc(N4CCOCC4)nc(OCCc4ccc(NC(=O)NC5CN(C(=O)CC[C@H](NC(=O)[C@@H]6C[C@@H](O)CN6C(=O)[C@@H](NC(=O)C6(F)CC6)C(C)(C)C)c6ccc(-c7scnc7C)cc6)C5)cc4)n3)n2)c1. The number of urea groups is 1. The molecule has 81 heavy (non-hydrogen) atoms. The van der Waals surface area contributed by atoms with E-state index >= 15 is 0 Å². The molecule has 0 radical (unpaired) electrons. The molecule has 426 valence electrons. The van der Waals surface area contributed by atoms with Crippen LogP contribution in [-0.4, -0.2) is 152 Å². The number of aliphatic hydroxyl groups excluding tert-OH is 1. The van der Waals surface area contributed by atoms with Crippen LogP contribution in [0.1, 0.15) is 81.3 Å². The Kier molecular flexibility index (Phi) is 16.8. The van der Waals surface area contributed by atoms with Crippen molar-refractivity contribution in [2.75, 3.05) is 62.8 Å². The summed E-state index contributed by atoms with van der Waals surface area (Å²) in [5.74, 6) is -0.835. The van der Waals surface area contributed by atoms with Crippen molar-refractivity contribution in [2.24, 2.45) is 5.41 Å². The Labute approximate surface area is 473 Å². The number of carbonyl (C=O) groups is 5. The summed E-state index contributed by atoms with van der Waals surface area (Å²) in [6, 6.07) is 23.8. The topological polar surface area (TPSA) is 238 Å². The lowest BCUT2D eigenvalue weighted by molar-refractivity contribution is -0.145. The predicted molar refractivity (Wildman–Crippen MR) is 304 cm³/mol. The van der Waals surface area contributed by atoms with Gasteiger partial charge in [-0.1, -0.05) is 80.9 Å². The molecule has 4 fully saturated rings. The van der Waals surface area contributed by atoms with E-state index in [0.29, 0.717) is 63.9 Å². The lowest BCUT2D eigenvalue weighted by Gasteiger charge is -2.39. The van der Waals surface area contributed by atoms with Crippen molar-refractivity contribution in [3.63, 3.8) is 0 Å². The molecule has 1 saturated carbocycles. The van der Waals surface area contributed by atoms with Crippen molar-refractivity contribution >= 4 is 52.5 Å². The van der Waals surface area contributed by atoms with E-state index in [4.69, 9.17) is 24.5 Å². The van der Waals surface area contributed by atoms with Gasteiger partial charge in [0.05, 0.1) is 59.8 Å². The summed E-state index contributed by atoms with van der Waals surface area (Å²) in [4.78, 5) is 88.1. The Morgan fingerprint density at radius 3 is 2.33 bits per heavy atom. The van der Waals surface area contributed by atoms with Crippen LogP contribution >= 0.6 is 11.3 Å². The summed E-state index contributed by atoms with van der Waals surface area (Å²) in [5.41, 5.74) is 6.04. The monoisotopic (exact) mass is 1120 g/mol. The molecule has 3 aromatic heterocycles. The van der Waals surface area contributed by atoms with Crippen molar-refractivity contribution in [1.82, 2.24) is 50.5 Å². The molecular formula is C59H69FN12O8S. The predicted octanol–water partition coefficient (Wildman–Crippen LogP) is 6.49. The number of rotatable bonds is 19. The fourth-order valence-electron chi connectivity index (χ4n) is 10.3. The van der Waals surface area contributed by atoms with Gasteiger partial charge >= 0.3 is 12.0 Å². The maximum Gasteiger partial charge on any atom is 0.320 e. The molecule has 22 heteroatoms. The van der Waals surface area contributed by atoms with Crippen LogP contribution < -0.4 is 30.9 Å². The van der Waals surface area contributed by atoms with Crippen LogP contribution in [0.2, 0.25) is 0 Å². The van der Waals surface area contributed by atoms with Gasteiger partial charge in [0.2, 0.25) is 17.7 Å². The van der Waals surface area contributed by atoms with E-state index in [2.05, 4.69) is 50.2 Å². The molecule has 6 heterocycles. The molecule has 20 nitrogen and oxygen atoms in total. The van der Waals surface area contributed by atoms with Gasteiger partial charge in [-0.2, -0.15) is 15.1 Å². The lowest BCUT2D eigenvalue weighted by Crippen LogP contribution is -2.61. The number of benzene rings is 3. The Balaban J connectivity index is 0.714. The molecule has 4 atom stereocenters. The van der Waals surface area contributed by atoms with Crippen LogP contribution in [0.15, 0.2) is 96.6 Å². The van der Waals surface area contributed by atoms with E-state index in [1.54, 1.807) is 35.9 Å². The third-order valence-corrected chi connectivity index (χ3v) is 16.2. The molecule has 3 aromatic carbocycles. The van der Waals surface area contributed by atoms with Gasteiger partial charge in [-0.25, -0.2) is 18.9 Å². The number of ether oxygens (including phenoxy) is 2. The smallest absolute Gasteiger partial charge is 0.320 e. The Morgan fingerprint density at radius 2 is 1.64 bits per heavy atom. The second-order valence-corrected chi connectivity index (χ2v) is 23.3. The highest BCUT2D eigenvalue weighted by atomic mass is 32.1. The number of thiazole rings is 1. The van der Waals surface area contributed by atoms with Crippen LogP contribution in [0.5, 0.6) is 6.01 Å². The van der Waals surface area contributed by atoms with E-state index in [0.717, 1.165) is 49.9 Å². The Morgan fingerprint density at radius 1 is 0.901 bits per heavy atom. The maximum absolute atomic E-state index is 14.8. The van der Waals surface area contributed by atoms with E-state index in [-0.39, 0.29) is 56.6 Å². The Bertz CT molecular complexity index is 3240. The zero-order valence-corrected chi connectivity index (χ0v) is 47.0. The van der Waals surface area contributed by atoms with Gasteiger partial charge in [-0.15, -0.1) is 11.3 Å². The van der Waals surface area contributed by atoms with Crippen LogP contribution in [0, 0.1) is 19.3 Å². The third-order valence-electron chi connectivity index (χ3n) is 15.2. The van der Waals surface area contributed by atoms with Crippen molar-refractivity contribution < 1.29 is 42.9 Å². The number of likely N-dealkylation sites (tertiary alicyclic amines) is 2. The van der Waals surface area contributed by atoms with Gasteiger partial charge in [-0.3, -0.25) is 19.2 Å². The molecule has 0 bridgehead atoms. The molecule has 6 amide bonds. The first-order chi connectivity index (χ1) is 38.8. The quantitative estimate of drug-likeness (QED) is 0.0584. The normalized spacial score (nSPS) is 18.6. The number of aliphatic hydroxyl groups is 1. The van der Waals surface area contributed by atoms with Gasteiger partial charge in [-0.05, 0) is 79.5 Å². The molecule has 3 saturated heterocycles. The number of nitrogens with one attached hydrogen (secondary N) is 4. The van der Waals surface area contributed by atoms with E-state index < -0.39 is 59.1 Å². The molecule has 1 aliphatic carbocycles. The average Bonchev–Trinajstić information content (AvgIpc) is 3.96. The highest BCUT2D eigenvalue weighted by Crippen LogP contribution is 2.41. The molecule has 0 spiro atoms. The summed E-state index contributed by atoms with van der Waals surface area (Å²) in [5, 5.41) is 27.2. The summed E-state index contributed by atoms with van der Waals surface area (Å²) in [6.45, 7) is 12.5. The minimum Gasteiger partial charge on any atom is -0.463 e. The number of alkyl halides is 1. The van der Waals surface area contributed by atoms with Crippen molar-refractivity contribution in [2.45, 2.75) is 109 Å². The number of hydrogen-bond donors (Lipinski definition) is 5. The number of morpholine rings is 1. The molecule has 0 unspecified atom stereocenters. The van der Waals surface area contributed by atoms with Crippen molar-refractivity contribution in [3.05, 3.63) is 119 Å². The molecule has 3 aliphatic heterocycles. The molecule has 10 rings (SSSR count). The van der Waals surface area contributed by atoms with Gasteiger partial charge < -0.3 is 50.5 Å². The van der Waals surface area contributed by atoms with Crippen molar-refractivity contribution in [1.29, 1.82) is 0 Å². The van der Waals surface area contributed by atoms with Crippen LogP contribution in [0.25, 0.3) is 27.5 Å². The minimum absolute atomic E-state index is 0.0452. The van der Waals surface area contributed by atoms with E-state index in [1.807, 2.05) is 85.9 Å². The molecule has 6 aromatic rings. The first kappa shape index (κ1) is 56.5. The number of aryl methyl sites for hydroxylation is 2. The summed E-state index contributed by atoms with van der Waals surface area (Å²) < 4.78 is 28.3. The summed E-state index contributed by atoms with van der Waals surface area (Å²) >= 11 is 1.51. The lowest BCUT2D eigenvalue weighted by atomic mass is 9.85. The van der Waals surface area contributed by atoms with Crippen LogP contribution in [0.4, 0.5) is 20.7 Å². The van der Waals surface area contributed by atoms with Gasteiger partial charge in [0.25, 0.3) is 5.91 Å². The van der Waals surface area contributed by atoms with E-state index in [1.165, 1.54) is 16.2 Å². The number of carbonyl (C=O) groups excluding carboxylic acids is 5. The fourth-order valence-corrected chi connectivity index (χ4v) is 11.1. The second kappa shape index (κ2) is 24.1. The number of β-amino-alcohol motifs (C(OH)–C–C–N with tert-alkyl or cyclic N) is 1. The van der Waals surface area contributed by atoms with Gasteiger partial charge in [0.1, 0.15) is 17.9 Å². The van der Waals surface area contributed by atoms with Gasteiger partial charge in [0.15, 0.2) is 11.5 Å². The summed E-state index contributed by atoms with van der Waals surface area (Å²) in [6.07, 6.45) is 1.80. The second-order valence-electron chi connectivity index (χ2n) is 22.5.